The Kier molecular flexibility index (Phi) is 5.55. The van der Waals surface area contributed by atoms with Gasteiger partial charge in [0.05, 0.1) is 31.4 Å². The number of fused-ring (bicyclic) bond motifs is 1. The predicted octanol–water partition coefficient (Wildman–Crippen LogP) is 0.730. The number of aromatic nitrogens is 1. The van der Waals surface area contributed by atoms with E-state index in [1.54, 1.807) is 7.11 Å². The molecular weight excluding hydrogens is 256 g/mol. The van der Waals surface area contributed by atoms with Gasteiger partial charge in [-0.1, -0.05) is 18.2 Å². The minimum atomic E-state index is -0.736. The van der Waals surface area contributed by atoms with Crippen LogP contribution in [-0.2, 0) is 17.8 Å². The molecule has 20 heavy (non-hydrogen) atoms. The summed E-state index contributed by atoms with van der Waals surface area (Å²) in [6.45, 7) is 2.40. The van der Waals surface area contributed by atoms with E-state index in [-0.39, 0.29) is 6.61 Å². The fourth-order valence-electron chi connectivity index (χ4n) is 2.32. The fraction of sp³-hybridized carbons (Fsp3) is 0.467. The van der Waals surface area contributed by atoms with Gasteiger partial charge in [-0.25, -0.2) is 0 Å². The molecule has 2 rings (SSSR count). The van der Waals surface area contributed by atoms with Crippen molar-refractivity contribution in [1.29, 1.82) is 0 Å². The maximum Gasteiger partial charge on any atom is 0.0949 e. The molecule has 0 saturated heterocycles. The highest BCUT2D eigenvalue weighted by atomic mass is 16.5. The largest absolute Gasteiger partial charge is 0.394 e. The molecule has 1 aromatic heterocycles. The molecule has 0 aliphatic rings. The van der Waals surface area contributed by atoms with Gasteiger partial charge in [-0.15, -0.1) is 0 Å². The van der Waals surface area contributed by atoms with Crippen LogP contribution in [0.3, 0.4) is 0 Å². The molecule has 0 radical (unpaired) electrons. The quantitative estimate of drug-likeness (QED) is 0.623. The van der Waals surface area contributed by atoms with E-state index in [1.165, 1.54) is 5.56 Å². The highest BCUT2D eigenvalue weighted by Gasteiger charge is 2.09. The first-order chi connectivity index (χ1) is 9.76. The van der Waals surface area contributed by atoms with E-state index in [0.717, 1.165) is 24.0 Å². The van der Waals surface area contributed by atoms with Crippen molar-refractivity contribution in [2.45, 2.75) is 19.2 Å². The molecule has 0 saturated carbocycles. The minimum Gasteiger partial charge on any atom is -0.394 e. The minimum absolute atomic E-state index is 0.228. The van der Waals surface area contributed by atoms with E-state index in [9.17, 15) is 5.11 Å². The van der Waals surface area contributed by atoms with E-state index in [0.29, 0.717) is 13.2 Å². The Bertz CT molecular complexity index is 539. The second kappa shape index (κ2) is 7.40. The summed E-state index contributed by atoms with van der Waals surface area (Å²) in [6, 6.07) is 8.18. The first-order valence-electron chi connectivity index (χ1n) is 6.81. The van der Waals surface area contributed by atoms with Crippen molar-refractivity contribution in [2.75, 3.05) is 26.9 Å². The molecule has 0 amide bonds. The number of methoxy groups -OCH3 is 1. The van der Waals surface area contributed by atoms with Crippen molar-refractivity contribution < 1.29 is 14.9 Å². The van der Waals surface area contributed by atoms with Gasteiger partial charge in [0.25, 0.3) is 0 Å². The lowest BCUT2D eigenvalue weighted by Gasteiger charge is -2.13. The summed E-state index contributed by atoms with van der Waals surface area (Å²) in [5, 5.41) is 23.1. The number of hydrogen-bond acceptors (Lipinski definition) is 4. The van der Waals surface area contributed by atoms with Gasteiger partial charge in [0.15, 0.2) is 0 Å². The van der Waals surface area contributed by atoms with E-state index in [4.69, 9.17) is 9.84 Å². The van der Waals surface area contributed by atoms with Crippen LogP contribution in [0.2, 0.25) is 0 Å². The van der Waals surface area contributed by atoms with E-state index < -0.39 is 6.10 Å². The molecule has 0 aliphatic carbocycles. The summed E-state index contributed by atoms with van der Waals surface area (Å²) in [5.74, 6) is 0. The lowest BCUT2D eigenvalue weighted by Crippen LogP contribution is -2.21. The Morgan fingerprint density at radius 2 is 2.20 bits per heavy atom. The van der Waals surface area contributed by atoms with Gasteiger partial charge >= 0.3 is 0 Å². The molecule has 5 nitrogen and oxygen atoms in total. The summed E-state index contributed by atoms with van der Waals surface area (Å²) in [6.07, 6.45) is 1.21. The van der Waals surface area contributed by atoms with Crippen molar-refractivity contribution in [3.8, 4) is 0 Å². The molecule has 0 bridgehead atoms. The summed E-state index contributed by atoms with van der Waals surface area (Å²) >= 11 is 0. The highest BCUT2D eigenvalue weighted by Crippen LogP contribution is 2.20. The average Bonchev–Trinajstić information content (AvgIpc) is 2.87. The second-order valence-corrected chi connectivity index (χ2v) is 4.83. The summed E-state index contributed by atoms with van der Waals surface area (Å²) < 4.78 is 7.00. The predicted molar refractivity (Wildman–Crippen MR) is 78.6 cm³/mol. The number of hydrogen-bond donors (Lipinski definition) is 3. The number of nitrogens with one attached hydrogen (secondary N) is 1. The first-order valence-corrected chi connectivity index (χ1v) is 6.81. The van der Waals surface area contributed by atoms with Crippen LogP contribution >= 0.6 is 0 Å². The van der Waals surface area contributed by atoms with Crippen LogP contribution in [0.1, 0.15) is 5.56 Å². The van der Waals surface area contributed by atoms with Gasteiger partial charge in [0.1, 0.15) is 0 Å². The fourth-order valence-corrected chi connectivity index (χ4v) is 2.32. The number of aliphatic hydroxyl groups excluding tert-OH is 2. The van der Waals surface area contributed by atoms with Gasteiger partial charge < -0.3 is 24.8 Å². The Hall–Kier alpha value is -1.40. The molecule has 1 atom stereocenters. The molecular formula is C15H22N2O3. The topological polar surface area (TPSA) is 66.7 Å². The van der Waals surface area contributed by atoms with Crippen LogP contribution in [0.4, 0.5) is 0 Å². The third-order valence-corrected chi connectivity index (χ3v) is 3.29. The van der Waals surface area contributed by atoms with Crippen LogP contribution in [0.25, 0.3) is 10.9 Å². The molecule has 3 N–H and O–H groups in total. The lowest BCUT2D eigenvalue weighted by molar-refractivity contribution is 0.0822. The van der Waals surface area contributed by atoms with Gasteiger partial charge in [-0.3, -0.25) is 0 Å². The van der Waals surface area contributed by atoms with Gasteiger partial charge in [0, 0.05) is 26.4 Å². The second-order valence-electron chi connectivity index (χ2n) is 4.83. The molecule has 110 valence electrons. The third-order valence-electron chi connectivity index (χ3n) is 3.29. The van der Waals surface area contributed by atoms with Crippen LogP contribution in [0, 0.1) is 0 Å². The van der Waals surface area contributed by atoms with E-state index in [2.05, 4.69) is 17.4 Å². The summed E-state index contributed by atoms with van der Waals surface area (Å²) in [5.41, 5.74) is 2.28. The number of rotatable bonds is 8. The molecule has 1 aromatic carbocycles. The van der Waals surface area contributed by atoms with Gasteiger partial charge in [-0.05, 0) is 17.0 Å². The Morgan fingerprint density at radius 1 is 1.35 bits per heavy atom. The summed E-state index contributed by atoms with van der Waals surface area (Å²) in [7, 11) is 1.68. The number of nitrogens with zero attached hydrogens (tertiary/aromatic N) is 1. The Labute approximate surface area is 118 Å². The third kappa shape index (κ3) is 3.58. The highest BCUT2D eigenvalue weighted by molar-refractivity contribution is 5.83. The number of ether oxygens (including phenoxy) is 1. The monoisotopic (exact) mass is 278 g/mol. The summed E-state index contributed by atoms with van der Waals surface area (Å²) in [4.78, 5) is 0. The van der Waals surface area contributed by atoms with Crippen LogP contribution in [0.15, 0.2) is 30.5 Å². The average molecular weight is 278 g/mol. The maximum atomic E-state index is 9.62. The number of aliphatic hydroxyl groups is 2. The molecule has 1 unspecified atom stereocenters. The Morgan fingerprint density at radius 3 is 2.95 bits per heavy atom. The molecule has 0 fully saturated rings. The SMILES string of the molecule is COCCNCc1cccc2ccn(CC(O)CO)c12. The lowest BCUT2D eigenvalue weighted by atomic mass is 10.1. The molecule has 2 aromatic rings. The van der Waals surface area contributed by atoms with Crippen molar-refractivity contribution in [2.24, 2.45) is 0 Å². The molecule has 1 heterocycles. The van der Waals surface area contributed by atoms with Crippen molar-refractivity contribution >= 4 is 10.9 Å². The van der Waals surface area contributed by atoms with E-state index >= 15 is 0 Å². The van der Waals surface area contributed by atoms with Crippen molar-refractivity contribution in [3.63, 3.8) is 0 Å². The molecule has 0 aliphatic heterocycles. The normalized spacial score (nSPS) is 12.9. The van der Waals surface area contributed by atoms with Crippen LogP contribution in [0.5, 0.6) is 0 Å². The first kappa shape index (κ1) is 15.0. The maximum absolute atomic E-state index is 9.62. The van der Waals surface area contributed by atoms with Crippen LogP contribution < -0.4 is 5.32 Å². The molecule has 0 spiro atoms. The zero-order valence-corrected chi connectivity index (χ0v) is 11.7. The zero-order valence-electron chi connectivity index (χ0n) is 11.7. The molecule has 5 heteroatoms. The number of para-hydroxylation sites is 1. The smallest absolute Gasteiger partial charge is 0.0949 e. The van der Waals surface area contributed by atoms with Gasteiger partial charge in [0.2, 0.25) is 0 Å². The Balaban J connectivity index is 2.18. The van der Waals surface area contributed by atoms with E-state index in [1.807, 2.05) is 22.9 Å². The van der Waals surface area contributed by atoms with Crippen LogP contribution in [-0.4, -0.2) is 47.8 Å². The standard InChI is InChI=1S/C15H22N2O3/c1-20-8-6-16-9-13-4-2-3-12-5-7-17(15(12)13)10-14(19)11-18/h2-5,7,14,16,18-19H,6,8-11H2,1H3. The zero-order chi connectivity index (χ0) is 14.4. The van der Waals surface area contributed by atoms with Gasteiger partial charge in [-0.2, -0.15) is 0 Å². The van der Waals surface area contributed by atoms with Crippen molar-refractivity contribution in [1.82, 2.24) is 9.88 Å². The number of benzene rings is 1. The van der Waals surface area contributed by atoms with Crippen molar-refractivity contribution in [3.05, 3.63) is 36.0 Å².